The minimum atomic E-state index is -0.321. The highest BCUT2D eigenvalue weighted by Gasteiger charge is 2.36. The Morgan fingerprint density at radius 2 is 1.44 bits per heavy atom. The van der Waals surface area contributed by atoms with Gasteiger partial charge < -0.3 is 4.74 Å². The molecule has 0 saturated heterocycles. The van der Waals surface area contributed by atoms with Crippen LogP contribution in [0.1, 0.15) is 27.0 Å². The molecule has 0 bridgehead atoms. The van der Waals surface area contributed by atoms with Gasteiger partial charge in [-0.05, 0) is 70.8 Å². The first-order valence-electron chi connectivity index (χ1n) is 10.4. The summed E-state index contributed by atoms with van der Waals surface area (Å²) in [5, 5.41) is 2.10. The van der Waals surface area contributed by atoms with Crippen LogP contribution in [0.15, 0.2) is 84.9 Å². The molecule has 0 radical (unpaired) electrons. The first-order chi connectivity index (χ1) is 15.6. The fourth-order valence-corrected chi connectivity index (χ4v) is 4.15. The molecule has 2 amide bonds. The molecule has 5 rings (SSSR count). The van der Waals surface area contributed by atoms with Gasteiger partial charge in [-0.1, -0.05) is 54.6 Å². The first kappa shape index (κ1) is 19.8. The summed E-state index contributed by atoms with van der Waals surface area (Å²) in [4.78, 5) is 28.2. The van der Waals surface area contributed by atoms with Gasteiger partial charge in [0.25, 0.3) is 11.8 Å². The van der Waals surface area contributed by atoms with Crippen LogP contribution in [0.25, 0.3) is 22.4 Å². The maximum atomic E-state index is 13.6. The Morgan fingerprint density at radius 3 is 2.22 bits per heavy atom. The Bertz CT molecular complexity index is 1420. The van der Waals surface area contributed by atoms with Gasteiger partial charge >= 0.3 is 0 Å². The largest absolute Gasteiger partial charge is 0.497 e. The number of hydrogen-bond donors (Lipinski definition) is 0. The first-order valence-corrected chi connectivity index (χ1v) is 10.4. The van der Waals surface area contributed by atoms with Gasteiger partial charge in [-0.25, -0.2) is 4.90 Å². The molecule has 0 unspecified atom stereocenters. The molecule has 156 valence electrons. The van der Waals surface area contributed by atoms with Crippen molar-refractivity contribution in [2.45, 2.75) is 6.92 Å². The van der Waals surface area contributed by atoms with Crippen LogP contribution in [-0.2, 0) is 4.79 Å². The molecule has 0 spiro atoms. The molecule has 0 N–H and O–H groups in total. The van der Waals surface area contributed by atoms with E-state index < -0.39 is 0 Å². The number of amides is 2. The lowest BCUT2D eigenvalue weighted by atomic mass is 9.91. The fraction of sp³-hybridized carbons (Fsp3) is 0.0714. The van der Waals surface area contributed by atoms with Gasteiger partial charge in [0.1, 0.15) is 5.75 Å². The van der Waals surface area contributed by atoms with Crippen molar-refractivity contribution in [2.75, 3.05) is 12.0 Å². The van der Waals surface area contributed by atoms with Gasteiger partial charge in [0.15, 0.2) is 0 Å². The topological polar surface area (TPSA) is 46.6 Å². The quantitative estimate of drug-likeness (QED) is 0.308. The Labute approximate surface area is 186 Å². The van der Waals surface area contributed by atoms with E-state index in [1.165, 1.54) is 4.90 Å². The summed E-state index contributed by atoms with van der Waals surface area (Å²) in [5.74, 6) is 0.174. The number of imide groups is 1. The minimum absolute atomic E-state index is 0.303. The van der Waals surface area contributed by atoms with E-state index in [0.717, 1.165) is 27.6 Å². The van der Waals surface area contributed by atoms with Crippen LogP contribution >= 0.6 is 0 Å². The highest BCUT2D eigenvalue weighted by molar-refractivity contribution is 6.43. The smallest absolute Gasteiger partial charge is 0.265 e. The van der Waals surface area contributed by atoms with E-state index in [1.54, 1.807) is 19.2 Å². The van der Waals surface area contributed by atoms with Crippen LogP contribution in [0.5, 0.6) is 5.75 Å². The Hall–Kier alpha value is -4.18. The zero-order chi connectivity index (χ0) is 22.2. The van der Waals surface area contributed by atoms with E-state index in [0.29, 0.717) is 22.4 Å². The SMILES string of the molecule is COc1ccc2cc(/C=C3\C(=O)N(c4ccccc4C)C(=O)c4ccccc43)ccc2c1. The number of carbonyl (C=O) groups excluding carboxylic acids is 2. The van der Waals surface area contributed by atoms with Crippen LogP contribution in [0.3, 0.4) is 0 Å². The molecule has 0 saturated carbocycles. The van der Waals surface area contributed by atoms with E-state index in [1.807, 2.05) is 85.8 Å². The van der Waals surface area contributed by atoms with E-state index in [2.05, 4.69) is 0 Å². The number of rotatable bonds is 3. The van der Waals surface area contributed by atoms with Crippen molar-refractivity contribution in [3.05, 3.63) is 107 Å². The van der Waals surface area contributed by atoms with E-state index in [9.17, 15) is 9.59 Å². The zero-order valence-corrected chi connectivity index (χ0v) is 17.8. The number of aryl methyl sites for hydroxylation is 1. The molecule has 0 aliphatic carbocycles. The summed E-state index contributed by atoms with van der Waals surface area (Å²) in [6.07, 6.45) is 1.86. The standard InChI is InChI=1S/C28H21NO3/c1-18-7-3-6-10-26(18)29-27(30)24-9-5-4-8-23(24)25(28(29)31)16-19-11-12-21-17-22(32-2)14-13-20(21)15-19/h3-17H,1-2H3/b25-16-. The summed E-state index contributed by atoms with van der Waals surface area (Å²) in [7, 11) is 1.65. The summed E-state index contributed by atoms with van der Waals surface area (Å²) >= 11 is 0. The van der Waals surface area contributed by atoms with Crippen LogP contribution in [0.4, 0.5) is 5.69 Å². The second-order valence-corrected chi connectivity index (χ2v) is 7.81. The molecule has 1 aliphatic rings. The molecule has 0 atom stereocenters. The van der Waals surface area contributed by atoms with Crippen molar-refractivity contribution in [1.82, 2.24) is 0 Å². The fourth-order valence-electron chi connectivity index (χ4n) is 4.15. The van der Waals surface area contributed by atoms with E-state index >= 15 is 0 Å². The van der Waals surface area contributed by atoms with Crippen molar-refractivity contribution < 1.29 is 14.3 Å². The second kappa shape index (κ2) is 7.82. The molecule has 4 nitrogen and oxygen atoms in total. The molecule has 4 aromatic carbocycles. The highest BCUT2D eigenvalue weighted by Crippen LogP contribution is 2.35. The predicted molar refractivity (Wildman–Crippen MR) is 128 cm³/mol. The van der Waals surface area contributed by atoms with Gasteiger partial charge in [0, 0.05) is 11.1 Å². The molecule has 1 aliphatic heterocycles. The number of carbonyl (C=O) groups is 2. The highest BCUT2D eigenvalue weighted by atomic mass is 16.5. The van der Waals surface area contributed by atoms with Crippen LogP contribution in [0, 0.1) is 6.92 Å². The van der Waals surface area contributed by atoms with Crippen molar-refractivity contribution >= 4 is 39.9 Å². The Morgan fingerprint density at radius 1 is 0.750 bits per heavy atom. The number of nitrogens with zero attached hydrogens (tertiary/aromatic N) is 1. The normalized spacial score (nSPS) is 14.7. The molecule has 4 aromatic rings. The maximum absolute atomic E-state index is 13.6. The summed E-state index contributed by atoms with van der Waals surface area (Å²) < 4.78 is 5.31. The molecule has 32 heavy (non-hydrogen) atoms. The summed E-state index contributed by atoms with van der Waals surface area (Å²) in [5.41, 5.74) is 4.03. The number of benzene rings is 4. The van der Waals surface area contributed by atoms with Crippen LogP contribution < -0.4 is 9.64 Å². The van der Waals surface area contributed by atoms with Gasteiger partial charge in [0.2, 0.25) is 0 Å². The summed E-state index contributed by atoms with van der Waals surface area (Å²) in [6, 6.07) is 26.6. The molecule has 1 heterocycles. The third kappa shape index (κ3) is 3.26. The van der Waals surface area contributed by atoms with Crippen LogP contribution in [0.2, 0.25) is 0 Å². The predicted octanol–water partition coefficient (Wildman–Crippen LogP) is 5.88. The van der Waals surface area contributed by atoms with Crippen molar-refractivity contribution in [3.8, 4) is 5.75 Å². The molecular formula is C28H21NO3. The molecule has 4 heteroatoms. The van der Waals surface area contributed by atoms with Gasteiger partial charge in [-0.15, -0.1) is 0 Å². The van der Waals surface area contributed by atoms with Crippen molar-refractivity contribution in [1.29, 1.82) is 0 Å². The number of anilines is 1. The van der Waals surface area contributed by atoms with E-state index in [4.69, 9.17) is 4.74 Å². The van der Waals surface area contributed by atoms with Crippen LogP contribution in [-0.4, -0.2) is 18.9 Å². The van der Waals surface area contributed by atoms with Gasteiger partial charge in [-0.3, -0.25) is 9.59 Å². The Balaban J connectivity index is 1.67. The third-order valence-corrected chi connectivity index (χ3v) is 5.82. The van der Waals surface area contributed by atoms with Gasteiger partial charge in [-0.2, -0.15) is 0 Å². The number of ether oxygens (including phenoxy) is 1. The molecule has 0 fully saturated rings. The number of para-hydroxylation sites is 1. The van der Waals surface area contributed by atoms with Crippen molar-refractivity contribution in [3.63, 3.8) is 0 Å². The maximum Gasteiger partial charge on any atom is 0.265 e. The van der Waals surface area contributed by atoms with Crippen molar-refractivity contribution in [2.24, 2.45) is 0 Å². The lowest BCUT2D eigenvalue weighted by molar-refractivity contribution is -0.112. The average Bonchev–Trinajstić information content (AvgIpc) is 2.82. The Kier molecular flexibility index (Phi) is 4.83. The monoisotopic (exact) mass is 419 g/mol. The molecule has 0 aromatic heterocycles. The number of hydrogen-bond acceptors (Lipinski definition) is 3. The second-order valence-electron chi connectivity index (χ2n) is 7.81. The third-order valence-electron chi connectivity index (χ3n) is 5.82. The van der Waals surface area contributed by atoms with E-state index in [-0.39, 0.29) is 11.8 Å². The molecular weight excluding hydrogens is 398 g/mol. The minimum Gasteiger partial charge on any atom is -0.497 e. The summed E-state index contributed by atoms with van der Waals surface area (Å²) in [6.45, 7) is 1.90. The number of methoxy groups -OCH3 is 1. The zero-order valence-electron chi connectivity index (χ0n) is 17.8. The lowest BCUT2D eigenvalue weighted by Crippen LogP contribution is -2.42. The lowest BCUT2D eigenvalue weighted by Gasteiger charge is -2.29. The number of fused-ring (bicyclic) bond motifs is 2. The average molecular weight is 419 g/mol. The van der Waals surface area contributed by atoms with Gasteiger partial charge in [0.05, 0.1) is 12.8 Å².